The molecule has 0 radical (unpaired) electrons. The summed E-state index contributed by atoms with van der Waals surface area (Å²) in [6.07, 6.45) is 0. The summed E-state index contributed by atoms with van der Waals surface area (Å²) in [6, 6.07) is 3.88. The number of hydrogen-bond acceptors (Lipinski definition) is 4. The molecular formula is C12H14N2O2S. The fourth-order valence-corrected chi connectivity index (χ4v) is 2.25. The molecule has 0 amide bonds. The predicted octanol–water partition coefficient (Wildman–Crippen LogP) is 2.98. The van der Waals surface area contributed by atoms with Crippen molar-refractivity contribution in [2.24, 2.45) is 0 Å². The highest BCUT2D eigenvalue weighted by Crippen LogP contribution is 2.23. The zero-order valence-electron chi connectivity index (χ0n) is 10.0. The van der Waals surface area contributed by atoms with Crippen LogP contribution in [0.1, 0.15) is 30.4 Å². The van der Waals surface area contributed by atoms with Crippen molar-refractivity contribution in [2.75, 3.05) is 7.11 Å². The minimum Gasteiger partial charge on any atom is -0.464 e. The third kappa shape index (κ3) is 2.24. The maximum absolute atomic E-state index is 11.6. The fourth-order valence-electron chi connectivity index (χ4n) is 1.60. The number of carbonyl (C=O) groups is 1. The Morgan fingerprint density at radius 2 is 2.29 bits per heavy atom. The van der Waals surface area contributed by atoms with Gasteiger partial charge >= 0.3 is 5.97 Å². The second-order valence-corrected chi connectivity index (χ2v) is 4.74. The molecule has 2 heterocycles. The standard InChI is InChI=1S/C12H14N2O2S/c1-8(2)14-11(12(15)16-3)6-10(13-14)9-4-5-17-7-9/h4-8H,1-3H3. The van der Waals surface area contributed by atoms with Crippen molar-refractivity contribution in [1.82, 2.24) is 9.78 Å². The molecule has 0 N–H and O–H groups in total. The molecule has 0 aliphatic rings. The van der Waals surface area contributed by atoms with Crippen molar-refractivity contribution >= 4 is 17.3 Å². The summed E-state index contributed by atoms with van der Waals surface area (Å²) in [4.78, 5) is 11.6. The van der Waals surface area contributed by atoms with Crippen molar-refractivity contribution in [2.45, 2.75) is 19.9 Å². The number of methoxy groups -OCH3 is 1. The second kappa shape index (κ2) is 4.71. The SMILES string of the molecule is COC(=O)c1cc(-c2ccsc2)nn1C(C)C. The van der Waals surface area contributed by atoms with Crippen LogP contribution in [-0.2, 0) is 4.74 Å². The number of rotatable bonds is 3. The van der Waals surface area contributed by atoms with Gasteiger partial charge in [0.15, 0.2) is 0 Å². The van der Waals surface area contributed by atoms with E-state index in [0.717, 1.165) is 11.3 Å². The molecule has 2 aromatic rings. The first-order valence-corrected chi connectivity index (χ1v) is 6.28. The molecule has 0 fully saturated rings. The van der Waals surface area contributed by atoms with Crippen molar-refractivity contribution < 1.29 is 9.53 Å². The minimum absolute atomic E-state index is 0.122. The molecule has 4 nitrogen and oxygen atoms in total. The van der Waals surface area contributed by atoms with Gasteiger partial charge in [0.1, 0.15) is 5.69 Å². The van der Waals surface area contributed by atoms with Gasteiger partial charge < -0.3 is 4.74 Å². The van der Waals surface area contributed by atoms with Gasteiger partial charge in [0.2, 0.25) is 0 Å². The average molecular weight is 250 g/mol. The lowest BCUT2D eigenvalue weighted by molar-refractivity contribution is 0.0584. The summed E-state index contributed by atoms with van der Waals surface area (Å²) >= 11 is 1.61. The van der Waals surface area contributed by atoms with Crippen molar-refractivity contribution in [3.05, 3.63) is 28.6 Å². The summed E-state index contributed by atoms with van der Waals surface area (Å²) < 4.78 is 6.45. The predicted molar refractivity (Wildman–Crippen MR) is 67.3 cm³/mol. The Kier molecular flexibility index (Phi) is 3.28. The quantitative estimate of drug-likeness (QED) is 0.787. The smallest absolute Gasteiger partial charge is 0.356 e. The molecule has 0 unspecified atom stereocenters. The first kappa shape index (κ1) is 11.9. The first-order chi connectivity index (χ1) is 8.13. The highest BCUT2D eigenvalue weighted by Gasteiger charge is 2.18. The summed E-state index contributed by atoms with van der Waals surface area (Å²) in [5.74, 6) is -0.354. The van der Waals surface area contributed by atoms with E-state index >= 15 is 0 Å². The molecule has 5 heteroatoms. The third-order valence-corrected chi connectivity index (χ3v) is 3.12. The first-order valence-electron chi connectivity index (χ1n) is 5.34. The molecule has 2 aromatic heterocycles. The minimum atomic E-state index is -0.354. The van der Waals surface area contributed by atoms with E-state index < -0.39 is 0 Å². The molecule has 0 aromatic carbocycles. The summed E-state index contributed by atoms with van der Waals surface area (Å²) in [5, 5.41) is 8.44. The Labute approximate surface area is 104 Å². The van der Waals surface area contributed by atoms with Crippen LogP contribution in [0.3, 0.4) is 0 Å². The largest absolute Gasteiger partial charge is 0.464 e. The number of hydrogen-bond donors (Lipinski definition) is 0. The number of nitrogens with zero attached hydrogens (tertiary/aromatic N) is 2. The van der Waals surface area contributed by atoms with Crippen LogP contribution in [0.2, 0.25) is 0 Å². The molecule has 0 spiro atoms. The van der Waals surface area contributed by atoms with Gasteiger partial charge in [-0.05, 0) is 31.4 Å². The highest BCUT2D eigenvalue weighted by molar-refractivity contribution is 7.08. The van der Waals surface area contributed by atoms with Crippen LogP contribution in [-0.4, -0.2) is 22.9 Å². The molecule has 90 valence electrons. The van der Waals surface area contributed by atoms with Crippen LogP contribution in [0.4, 0.5) is 0 Å². The maximum Gasteiger partial charge on any atom is 0.356 e. The van der Waals surface area contributed by atoms with E-state index in [-0.39, 0.29) is 12.0 Å². The summed E-state index contributed by atoms with van der Waals surface area (Å²) in [6.45, 7) is 3.97. The lowest BCUT2D eigenvalue weighted by Gasteiger charge is -2.08. The summed E-state index contributed by atoms with van der Waals surface area (Å²) in [7, 11) is 1.38. The van der Waals surface area contributed by atoms with Gasteiger partial charge in [-0.3, -0.25) is 4.68 Å². The molecule has 0 atom stereocenters. The van der Waals surface area contributed by atoms with Crippen LogP contribution in [0.5, 0.6) is 0 Å². The molecule has 2 rings (SSSR count). The van der Waals surface area contributed by atoms with E-state index in [1.54, 1.807) is 22.1 Å². The van der Waals surface area contributed by atoms with Gasteiger partial charge in [-0.25, -0.2) is 4.79 Å². The zero-order chi connectivity index (χ0) is 12.4. The van der Waals surface area contributed by atoms with Gasteiger partial charge in [0, 0.05) is 17.0 Å². The van der Waals surface area contributed by atoms with E-state index in [2.05, 4.69) is 5.10 Å². The van der Waals surface area contributed by atoms with E-state index in [9.17, 15) is 4.79 Å². The number of aromatic nitrogens is 2. The van der Waals surface area contributed by atoms with Crippen LogP contribution in [0, 0.1) is 0 Å². The van der Waals surface area contributed by atoms with E-state index in [1.165, 1.54) is 7.11 Å². The molecule has 0 aliphatic heterocycles. The van der Waals surface area contributed by atoms with Crippen molar-refractivity contribution in [3.8, 4) is 11.3 Å². The van der Waals surface area contributed by atoms with E-state index in [4.69, 9.17) is 4.74 Å². The summed E-state index contributed by atoms with van der Waals surface area (Å²) in [5.41, 5.74) is 2.32. The van der Waals surface area contributed by atoms with Crippen LogP contribution >= 0.6 is 11.3 Å². The number of ether oxygens (including phenoxy) is 1. The molecule has 0 saturated heterocycles. The van der Waals surface area contributed by atoms with Crippen LogP contribution < -0.4 is 0 Å². The molecule has 0 aliphatic carbocycles. The Balaban J connectivity index is 2.48. The maximum atomic E-state index is 11.6. The van der Waals surface area contributed by atoms with Crippen LogP contribution in [0.25, 0.3) is 11.3 Å². The molecule has 17 heavy (non-hydrogen) atoms. The number of thiophene rings is 1. The number of carbonyl (C=O) groups excluding carboxylic acids is 1. The average Bonchev–Trinajstić information content (AvgIpc) is 2.95. The monoisotopic (exact) mass is 250 g/mol. The highest BCUT2D eigenvalue weighted by atomic mass is 32.1. The fraction of sp³-hybridized carbons (Fsp3) is 0.333. The second-order valence-electron chi connectivity index (χ2n) is 3.96. The van der Waals surface area contributed by atoms with Gasteiger partial charge in [-0.15, -0.1) is 0 Å². The third-order valence-electron chi connectivity index (χ3n) is 2.44. The Morgan fingerprint density at radius 1 is 1.53 bits per heavy atom. The lowest BCUT2D eigenvalue weighted by Crippen LogP contribution is -2.13. The lowest BCUT2D eigenvalue weighted by atomic mass is 10.2. The Morgan fingerprint density at radius 3 is 2.82 bits per heavy atom. The molecule has 0 saturated carbocycles. The van der Waals surface area contributed by atoms with E-state index in [1.807, 2.05) is 30.7 Å². The van der Waals surface area contributed by atoms with Crippen LogP contribution in [0.15, 0.2) is 22.9 Å². The van der Waals surface area contributed by atoms with Gasteiger partial charge in [0.25, 0.3) is 0 Å². The normalized spacial score (nSPS) is 10.8. The van der Waals surface area contributed by atoms with Crippen molar-refractivity contribution in [3.63, 3.8) is 0 Å². The Bertz CT molecular complexity index is 515. The number of esters is 1. The van der Waals surface area contributed by atoms with Crippen molar-refractivity contribution in [1.29, 1.82) is 0 Å². The Hall–Kier alpha value is -1.62. The van der Waals surface area contributed by atoms with Gasteiger partial charge in [-0.1, -0.05) is 0 Å². The van der Waals surface area contributed by atoms with Gasteiger partial charge in [-0.2, -0.15) is 16.4 Å². The molecular weight excluding hydrogens is 236 g/mol. The molecule has 0 bridgehead atoms. The zero-order valence-corrected chi connectivity index (χ0v) is 10.8. The van der Waals surface area contributed by atoms with Gasteiger partial charge in [0.05, 0.1) is 12.8 Å². The topological polar surface area (TPSA) is 44.1 Å². The van der Waals surface area contributed by atoms with E-state index in [0.29, 0.717) is 5.69 Å².